The molecule has 10 nitrogen and oxygen atoms in total. The van der Waals surface area contributed by atoms with Gasteiger partial charge in [-0.15, -0.1) is 0 Å². The number of nitro benzene ring substituents is 2. The molecule has 0 spiro atoms. The van der Waals surface area contributed by atoms with Gasteiger partial charge >= 0.3 is 5.97 Å². The van der Waals surface area contributed by atoms with Crippen molar-refractivity contribution < 1.29 is 24.1 Å². The maximum Gasteiger partial charge on any atom is 0.363 e. The van der Waals surface area contributed by atoms with Crippen LogP contribution in [0.5, 0.6) is 5.75 Å². The fraction of sp³-hybridized carbons (Fsp3) is 0.0435. The van der Waals surface area contributed by atoms with Crippen molar-refractivity contribution in [3.63, 3.8) is 0 Å². The van der Waals surface area contributed by atoms with Gasteiger partial charge in [0.25, 0.3) is 11.4 Å². The SMILES string of the molecule is O=C1OC(c2cc([N+](=O)[O-])ccc2Cl)=N/C1=C\c1cc(I)c(OCc2cccc([N+](=O)[O-])c2)c(I)c1. The van der Waals surface area contributed by atoms with Crippen LogP contribution in [0.3, 0.4) is 0 Å². The van der Waals surface area contributed by atoms with Gasteiger partial charge in [0.05, 0.1) is 27.6 Å². The third-order valence-electron chi connectivity index (χ3n) is 4.84. The number of nitrogens with zero attached hydrogens (tertiary/aromatic N) is 3. The van der Waals surface area contributed by atoms with Crippen LogP contribution in [0.4, 0.5) is 11.4 Å². The molecular formula is C23H12ClI2N3O7. The summed E-state index contributed by atoms with van der Waals surface area (Å²) in [5.74, 6) is -0.253. The van der Waals surface area contributed by atoms with Crippen LogP contribution in [0.25, 0.3) is 6.08 Å². The van der Waals surface area contributed by atoms with Crippen LogP contribution in [0.2, 0.25) is 5.02 Å². The predicted molar refractivity (Wildman–Crippen MR) is 148 cm³/mol. The number of rotatable bonds is 7. The van der Waals surface area contributed by atoms with Crippen LogP contribution in [-0.4, -0.2) is 21.7 Å². The molecule has 0 fully saturated rings. The average molecular weight is 732 g/mol. The van der Waals surface area contributed by atoms with Gasteiger partial charge in [-0.2, -0.15) is 0 Å². The molecule has 0 N–H and O–H groups in total. The Kier molecular flexibility index (Phi) is 7.85. The topological polar surface area (TPSA) is 134 Å². The van der Waals surface area contributed by atoms with E-state index in [4.69, 9.17) is 21.1 Å². The number of cyclic esters (lactones) is 1. The average Bonchev–Trinajstić information content (AvgIpc) is 3.18. The van der Waals surface area contributed by atoms with Crippen LogP contribution in [-0.2, 0) is 16.1 Å². The third kappa shape index (κ3) is 5.82. The van der Waals surface area contributed by atoms with Gasteiger partial charge < -0.3 is 9.47 Å². The Morgan fingerprint density at radius 2 is 1.67 bits per heavy atom. The van der Waals surface area contributed by atoms with E-state index in [1.54, 1.807) is 24.3 Å². The number of carbonyl (C=O) groups is 1. The van der Waals surface area contributed by atoms with E-state index in [0.717, 1.165) is 7.14 Å². The molecule has 1 heterocycles. The van der Waals surface area contributed by atoms with Gasteiger partial charge in [-0.3, -0.25) is 20.2 Å². The molecule has 0 aliphatic carbocycles. The lowest BCUT2D eigenvalue weighted by atomic mass is 10.2. The molecule has 1 aliphatic heterocycles. The zero-order chi connectivity index (χ0) is 26.0. The maximum atomic E-state index is 12.4. The lowest BCUT2D eigenvalue weighted by Crippen LogP contribution is -2.06. The Morgan fingerprint density at radius 3 is 2.33 bits per heavy atom. The van der Waals surface area contributed by atoms with Crippen molar-refractivity contribution in [1.29, 1.82) is 0 Å². The van der Waals surface area contributed by atoms with Gasteiger partial charge in [-0.1, -0.05) is 23.7 Å². The molecule has 0 saturated heterocycles. The molecule has 0 saturated carbocycles. The summed E-state index contributed by atoms with van der Waals surface area (Å²) in [6, 6.07) is 13.5. The molecule has 36 heavy (non-hydrogen) atoms. The molecule has 1 aliphatic rings. The minimum absolute atomic E-state index is 0.00411. The van der Waals surface area contributed by atoms with Crippen LogP contribution < -0.4 is 4.74 Å². The van der Waals surface area contributed by atoms with E-state index < -0.39 is 15.8 Å². The fourth-order valence-corrected chi connectivity index (χ4v) is 5.52. The second-order valence-electron chi connectivity index (χ2n) is 7.29. The van der Waals surface area contributed by atoms with E-state index in [1.807, 2.05) is 0 Å². The molecular weight excluding hydrogens is 720 g/mol. The molecule has 0 bridgehead atoms. The summed E-state index contributed by atoms with van der Waals surface area (Å²) >= 11 is 10.3. The second kappa shape index (κ2) is 10.9. The molecule has 3 aromatic carbocycles. The standard InChI is InChI=1S/C23H12ClI2N3O7/c24-17-5-4-15(29(33)34)10-16(17)22-27-20(23(30)36-22)9-13-7-18(25)21(19(26)8-13)35-11-12-2-1-3-14(6-12)28(31)32/h1-10H,11H2/b20-9-. The van der Waals surface area contributed by atoms with Gasteiger partial charge in [-0.25, -0.2) is 9.79 Å². The molecule has 0 unspecified atom stereocenters. The minimum atomic E-state index is -0.719. The van der Waals surface area contributed by atoms with E-state index in [2.05, 4.69) is 50.2 Å². The number of aliphatic imine (C=N–C) groups is 1. The van der Waals surface area contributed by atoms with Gasteiger partial charge in [-0.05, 0) is 80.6 Å². The highest BCUT2D eigenvalue weighted by Gasteiger charge is 2.27. The summed E-state index contributed by atoms with van der Waals surface area (Å²) in [6.45, 7) is 0.137. The van der Waals surface area contributed by atoms with E-state index >= 15 is 0 Å². The number of nitro groups is 2. The zero-order valence-electron chi connectivity index (χ0n) is 17.8. The first-order chi connectivity index (χ1) is 17.1. The van der Waals surface area contributed by atoms with Crippen molar-refractivity contribution >= 4 is 86.1 Å². The molecule has 0 aromatic heterocycles. The lowest BCUT2D eigenvalue weighted by Gasteiger charge is -2.11. The van der Waals surface area contributed by atoms with E-state index in [0.29, 0.717) is 16.9 Å². The van der Waals surface area contributed by atoms with Crippen molar-refractivity contribution in [3.05, 3.63) is 109 Å². The fourth-order valence-electron chi connectivity index (χ4n) is 3.19. The maximum absolute atomic E-state index is 12.4. The van der Waals surface area contributed by atoms with Crippen molar-refractivity contribution in [3.8, 4) is 5.75 Å². The Balaban J connectivity index is 1.57. The van der Waals surface area contributed by atoms with Crippen molar-refractivity contribution in [2.24, 2.45) is 4.99 Å². The van der Waals surface area contributed by atoms with Crippen molar-refractivity contribution in [2.75, 3.05) is 0 Å². The Labute approximate surface area is 235 Å². The molecule has 0 radical (unpaired) electrons. The predicted octanol–water partition coefficient (Wildman–Crippen LogP) is 6.29. The van der Waals surface area contributed by atoms with Crippen LogP contribution in [0, 0.1) is 27.4 Å². The van der Waals surface area contributed by atoms with Gasteiger partial charge in [0.15, 0.2) is 5.70 Å². The summed E-state index contributed by atoms with van der Waals surface area (Å²) in [6.07, 6.45) is 1.52. The quantitative estimate of drug-likeness (QED) is 0.0917. The van der Waals surface area contributed by atoms with Crippen molar-refractivity contribution in [2.45, 2.75) is 6.61 Å². The summed E-state index contributed by atoms with van der Waals surface area (Å²) in [5.41, 5.74) is 1.21. The molecule has 4 rings (SSSR count). The Hall–Kier alpha value is -3.11. The largest absolute Gasteiger partial charge is 0.487 e. The highest BCUT2D eigenvalue weighted by atomic mass is 127. The molecule has 0 atom stereocenters. The van der Waals surface area contributed by atoms with Gasteiger partial charge in [0, 0.05) is 24.3 Å². The third-order valence-corrected chi connectivity index (χ3v) is 6.77. The highest BCUT2D eigenvalue weighted by Crippen LogP contribution is 2.32. The van der Waals surface area contributed by atoms with Gasteiger partial charge in [0.2, 0.25) is 5.90 Å². The monoisotopic (exact) mass is 731 g/mol. The highest BCUT2D eigenvalue weighted by molar-refractivity contribution is 14.1. The molecule has 3 aromatic rings. The summed E-state index contributed by atoms with van der Waals surface area (Å²) < 4.78 is 12.6. The number of halogens is 3. The summed E-state index contributed by atoms with van der Waals surface area (Å²) in [5, 5.41) is 22.2. The number of carbonyl (C=O) groups excluding carboxylic acids is 1. The van der Waals surface area contributed by atoms with Crippen LogP contribution >= 0.6 is 56.8 Å². The minimum Gasteiger partial charge on any atom is -0.487 e. The summed E-state index contributed by atoms with van der Waals surface area (Å²) in [7, 11) is 0. The summed E-state index contributed by atoms with van der Waals surface area (Å²) in [4.78, 5) is 37.6. The first-order valence-corrected chi connectivity index (χ1v) is 12.5. The number of hydrogen-bond donors (Lipinski definition) is 0. The number of hydrogen-bond acceptors (Lipinski definition) is 8. The normalized spacial score (nSPS) is 13.9. The van der Waals surface area contributed by atoms with Crippen LogP contribution in [0.15, 0.2) is 65.3 Å². The van der Waals surface area contributed by atoms with E-state index in [-0.39, 0.29) is 40.2 Å². The zero-order valence-corrected chi connectivity index (χ0v) is 22.9. The Bertz CT molecular complexity index is 1470. The van der Waals surface area contributed by atoms with Gasteiger partial charge in [0.1, 0.15) is 12.4 Å². The van der Waals surface area contributed by atoms with Crippen LogP contribution in [0.1, 0.15) is 16.7 Å². The first-order valence-electron chi connectivity index (χ1n) is 9.94. The smallest absolute Gasteiger partial charge is 0.363 e. The first kappa shape index (κ1) is 26.0. The molecule has 0 amide bonds. The number of ether oxygens (including phenoxy) is 2. The molecule has 182 valence electrons. The lowest BCUT2D eigenvalue weighted by molar-refractivity contribution is -0.385. The van der Waals surface area contributed by atoms with E-state index in [9.17, 15) is 25.0 Å². The molecule has 13 heteroatoms. The second-order valence-corrected chi connectivity index (χ2v) is 10.0. The van der Waals surface area contributed by atoms with Crippen molar-refractivity contribution in [1.82, 2.24) is 0 Å². The number of benzene rings is 3. The number of esters is 1. The number of non-ortho nitro benzene ring substituents is 2. The van der Waals surface area contributed by atoms with E-state index in [1.165, 1.54) is 36.4 Å². The Morgan fingerprint density at radius 1 is 1.00 bits per heavy atom.